The first-order valence-electron chi connectivity index (χ1n) is 8.26. The number of anilines is 1. The highest BCUT2D eigenvalue weighted by Gasteiger charge is 2.41. The lowest BCUT2D eigenvalue weighted by atomic mass is 10.1. The maximum absolute atomic E-state index is 6.38. The van der Waals surface area contributed by atoms with E-state index in [0.29, 0.717) is 11.0 Å². The first-order valence-corrected chi connectivity index (χ1v) is 8.67. The molecule has 122 valence electrons. The Morgan fingerprint density at radius 3 is 2.25 bits per heavy atom. The Balaban J connectivity index is 1.76. The summed E-state index contributed by atoms with van der Waals surface area (Å²) in [7, 11) is 0. The minimum atomic E-state index is -0.453. The summed E-state index contributed by atoms with van der Waals surface area (Å²) in [6.45, 7) is 0. The monoisotopic (exact) mass is 337 g/mol. The van der Waals surface area contributed by atoms with E-state index in [4.69, 9.17) is 17.0 Å². The van der Waals surface area contributed by atoms with E-state index in [9.17, 15) is 0 Å². The van der Waals surface area contributed by atoms with Crippen molar-refractivity contribution in [1.29, 1.82) is 0 Å². The Morgan fingerprint density at radius 2 is 1.58 bits per heavy atom. The highest BCUT2D eigenvalue weighted by atomic mass is 32.1. The number of benzene rings is 2. The third kappa shape index (κ3) is 2.92. The standard InChI is InChI=1S/C19H19N3OS/c24-18-20-17(15-9-3-1-4-10-15)23-19(13-7-8-14-19)21-22(18)16-11-5-2-6-12-16/h1-6,9-12,21H,7-8,13-14H2. The molecule has 0 unspecified atom stereocenters. The molecule has 5 heteroatoms. The topological polar surface area (TPSA) is 36.9 Å². The van der Waals surface area contributed by atoms with Gasteiger partial charge in [0.15, 0.2) is 5.72 Å². The number of nitrogens with one attached hydrogen (secondary N) is 1. The number of rotatable bonds is 2. The maximum Gasteiger partial charge on any atom is 0.225 e. The highest BCUT2D eigenvalue weighted by molar-refractivity contribution is 7.80. The second kappa shape index (κ2) is 6.34. The molecular formula is C19H19N3OS. The van der Waals surface area contributed by atoms with Crippen LogP contribution >= 0.6 is 12.2 Å². The average Bonchev–Trinajstić information content (AvgIpc) is 3.03. The van der Waals surface area contributed by atoms with E-state index < -0.39 is 5.72 Å². The molecule has 1 N–H and O–H groups in total. The Kier molecular flexibility index (Phi) is 4.04. The number of aliphatic imine (C=N–C) groups is 1. The summed E-state index contributed by atoms with van der Waals surface area (Å²) in [5.41, 5.74) is 4.97. The largest absolute Gasteiger partial charge is 0.454 e. The van der Waals surface area contributed by atoms with E-state index in [2.05, 4.69) is 10.4 Å². The molecule has 1 saturated carbocycles. The summed E-state index contributed by atoms with van der Waals surface area (Å²) in [6, 6.07) is 20.0. The molecule has 1 spiro atoms. The lowest BCUT2D eigenvalue weighted by Gasteiger charge is -2.34. The fourth-order valence-electron chi connectivity index (χ4n) is 3.24. The molecule has 0 radical (unpaired) electrons. The summed E-state index contributed by atoms with van der Waals surface area (Å²) >= 11 is 5.59. The van der Waals surface area contributed by atoms with Gasteiger partial charge in [0.2, 0.25) is 11.0 Å². The third-order valence-electron chi connectivity index (χ3n) is 4.44. The van der Waals surface area contributed by atoms with Crippen molar-refractivity contribution in [3.8, 4) is 0 Å². The summed E-state index contributed by atoms with van der Waals surface area (Å²) in [5.74, 6) is 0.591. The maximum atomic E-state index is 6.38. The van der Waals surface area contributed by atoms with Crippen molar-refractivity contribution in [3.05, 3.63) is 66.2 Å². The van der Waals surface area contributed by atoms with Crippen LogP contribution in [0, 0.1) is 0 Å². The molecule has 1 aliphatic carbocycles. The Morgan fingerprint density at radius 1 is 0.958 bits per heavy atom. The number of thiocarbonyl (C=S) groups is 1. The molecule has 2 aliphatic rings. The zero-order chi connectivity index (χ0) is 16.4. The van der Waals surface area contributed by atoms with Crippen LogP contribution in [0.25, 0.3) is 0 Å². The van der Waals surface area contributed by atoms with E-state index in [1.54, 1.807) is 0 Å². The minimum Gasteiger partial charge on any atom is -0.454 e. The second-order valence-corrected chi connectivity index (χ2v) is 6.52. The van der Waals surface area contributed by atoms with Gasteiger partial charge >= 0.3 is 0 Å². The van der Waals surface area contributed by atoms with E-state index >= 15 is 0 Å². The van der Waals surface area contributed by atoms with Crippen LogP contribution in [-0.2, 0) is 4.74 Å². The van der Waals surface area contributed by atoms with Crippen molar-refractivity contribution in [3.63, 3.8) is 0 Å². The lowest BCUT2D eigenvalue weighted by Crippen LogP contribution is -2.55. The van der Waals surface area contributed by atoms with Crippen LogP contribution in [0.2, 0.25) is 0 Å². The van der Waals surface area contributed by atoms with Crippen LogP contribution in [0.3, 0.4) is 0 Å². The van der Waals surface area contributed by atoms with Crippen LogP contribution in [0.1, 0.15) is 31.2 Å². The number of nitrogens with zero attached hydrogens (tertiary/aromatic N) is 2. The van der Waals surface area contributed by atoms with Crippen LogP contribution in [0.4, 0.5) is 5.69 Å². The molecule has 0 saturated heterocycles. The Bertz CT molecular complexity index is 755. The quantitative estimate of drug-likeness (QED) is 0.840. The van der Waals surface area contributed by atoms with E-state index in [-0.39, 0.29) is 0 Å². The predicted octanol–water partition coefficient (Wildman–Crippen LogP) is 4.03. The van der Waals surface area contributed by atoms with E-state index in [1.165, 1.54) is 0 Å². The van der Waals surface area contributed by atoms with Gasteiger partial charge in [-0.25, -0.2) is 5.01 Å². The molecule has 0 aromatic heterocycles. The second-order valence-electron chi connectivity index (χ2n) is 6.15. The van der Waals surface area contributed by atoms with Crippen molar-refractivity contribution in [2.75, 3.05) is 5.01 Å². The fraction of sp³-hybridized carbons (Fsp3) is 0.263. The molecule has 4 rings (SSSR count). The zero-order valence-corrected chi connectivity index (χ0v) is 14.1. The molecule has 1 aliphatic heterocycles. The first-order chi connectivity index (χ1) is 11.8. The first kappa shape index (κ1) is 15.3. The number of ether oxygens (including phenoxy) is 1. The molecule has 0 bridgehead atoms. The Labute approximate surface area is 147 Å². The molecule has 1 fully saturated rings. The molecule has 0 amide bonds. The highest BCUT2D eigenvalue weighted by Crippen LogP contribution is 2.34. The summed E-state index contributed by atoms with van der Waals surface area (Å²) in [6.07, 6.45) is 4.13. The van der Waals surface area contributed by atoms with Gasteiger partial charge in [-0.2, -0.15) is 10.4 Å². The predicted molar refractivity (Wildman–Crippen MR) is 99.9 cm³/mol. The van der Waals surface area contributed by atoms with Gasteiger partial charge in [-0.1, -0.05) is 36.4 Å². The minimum absolute atomic E-state index is 0.453. The van der Waals surface area contributed by atoms with Gasteiger partial charge < -0.3 is 4.74 Å². The van der Waals surface area contributed by atoms with Crippen LogP contribution in [0.5, 0.6) is 0 Å². The van der Waals surface area contributed by atoms with Crippen LogP contribution < -0.4 is 10.4 Å². The molecule has 24 heavy (non-hydrogen) atoms. The van der Waals surface area contributed by atoms with Crippen molar-refractivity contribution in [2.45, 2.75) is 31.4 Å². The SMILES string of the molecule is S=C1N=C(c2ccccc2)OC2(CCCC2)NN1c1ccccc1. The molecule has 4 nitrogen and oxygen atoms in total. The number of hydrazine groups is 1. The Hall–Kier alpha value is -2.24. The molecule has 0 atom stereocenters. The number of hydrogen-bond donors (Lipinski definition) is 1. The van der Waals surface area contributed by atoms with Crippen molar-refractivity contribution in [1.82, 2.24) is 5.43 Å². The summed E-state index contributed by atoms with van der Waals surface area (Å²) in [5, 5.41) is 2.33. The van der Waals surface area contributed by atoms with Gasteiger partial charge in [-0.05, 0) is 49.3 Å². The number of hydrogen-bond acceptors (Lipinski definition) is 3. The van der Waals surface area contributed by atoms with Crippen LogP contribution in [0.15, 0.2) is 65.7 Å². The van der Waals surface area contributed by atoms with Gasteiger partial charge in [-0.15, -0.1) is 0 Å². The van der Waals surface area contributed by atoms with E-state index in [0.717, 1.165) is 36.9 Å². The molecule has 2 aromatic carbocycles. The lowest BCUT2D eigenvalue weighted by molar-refractivity contribution is 0.0319. The van der Waals surface area contributed by atoms with Gasteiger partial charge in [0.25, 0.3) is 0 Å². The van der Waals surface area contributed by atoms with Crippen molar-refractivity contribution >= 4 is 28.9 Å². The summed E-state index contributed by atoms with van der Waals surface area (Å²) < 4.78 is 6.38. The molecular weight excluding hydrogens is 318 g/mol. The molecule has 1 heterocycles. The van der Waals surface area contributed by atoms with E-state index in [1.807, 2.05) is 65.7 Å². The van der Waals surface area contributed by atoms with Gasteiger partial charge in [0, 0.05) is 18.4 Å². The smallest absolute Gasteiger partial charge is 0.225 e. The van der Waals surface area contributed by atoms with Crippen LogP contribution in [-0.4, -0.2) is 16.7 Å². The summed E-state index contributed by atoms with van der Waals surface area (Å²) in [4.78, 5) is 4.61. The number of para-hydroxylation sites is 1. The normalized spacial score (nSPS) is 19.8. The van der Waals surface area contributed by atoms with Crippen molar-refractivity contribution < 1.29 is 4.74 Å². The van der Waals surface area contributed by atoms with Gasteiger partial charge in [-0.3, -0.25) is 0 Å². The fourth-order valence-corrected chi connectivity index (χ4v) is 3.47. The average molecular weight is 337 g/mol. The molecule has 2 aromatic rings. The van der Waals surface area contributed by atoms with Gasteiger partial charge in [0.05, 0.1) is 5.69 Å². The third-order valence-corrected chi connectivity index (χ3v) is 4.72. The van der Waals surface area contributed by atoms with Crippen molar-refractivity contribution in [2.24, 2.45) is 4.99 Å². The zero-order valence-electron chi connectivity index (χ0n) is 13.3. The van der Waals surface area contributed by atoms with Gasteiger partial charge in [0.1, 0.15) is 0 Å².